The first-order chi connectivity index (χ1) is 9.24. The van der Waals surface area contributed by atoms with Crippen LogP contribution in [-0.4, -0.2) is 20.2 Å². The molecule has 0 aliphatic heterocycles. The van der Waals surface area contributed by atoms with E-state index in [4.69, 9.17) is 4.52 Å². The van der Waals surface area contributed by atoms with E-state index in [9.17, 15) is 9.50 Å². The number of nitrogens with zero attached hydrogens (tertiary/aromatic N) is 3. The van der Waals surface area contributed by atoms with Crippen LogP contribution in [0.2, 0.25) is 0 Å². The maximum Gasteiger partial charge on any atom is 0.261 e. The summed E-state index contributed by atoms with van der Waals surface area (Å²) in [4.78, 5) is 7.77. The zero-order valence-electron chi connectivity index (χ0n) is 9.62. The number of rotatable bonds is 2. The Morgan fingerprint density at radius 3 is 2.63 bits per heavy atom. The molecule has 0 atom stereocenters. The quantitative estimate of drug-likeness (QED) is 0.764. The zero-order valence-corrected chi connectivity index (χ0v) is 9.62. The average molecular weight is 257 g/mol. The van der Waals surface area contributed by atoms with Crippen LogP contribution in [0.25, 0.3) is 22.8 Å². The highest BCUT2D eigenvalue weighted by molar-refractivity contribution is 5.60. The van der Waals surface area contributed by atoms with Crippen LogP contribution in [0.1, 0.15) is 0 Å². The van der Waals surface area contributed by atoms with Gasteiger partial charge in [0.05, 0.1) is 11.8 Å². The highest BCUT2D eigenvalue weighted by atomic mass is 19.1. The van der Waals surface area contributed by atoms with Gasteiger partial charge in [0.2, 0.25) is 5.82 Å². The summed E-state index contributed by atoms with van der Waals surface area (Å²) in [5.41, 5.74) is 0.870. The van der Waals surface area contributed by atoms with Crippen LogP contribution in [0.5, 0.6) is 5.75 Å². The van der Waals surface area contributed by atoms with E-state index < -0.39 is 5.82 Å². The smallest absolute Gasteiger partial charge is 0.261 e. The lowest BCUT2D eigenvalue weighted by molar-refractivity contribution is 0.429. The van der Waals surface area contributed by atoms with Gasteiger partial charge in [0.15, 0.2) is 5.82 Å². The predicted octanol–water partition coefficient (Wildman–Crippen LogP) is 2.64. The number of hydrogen-bond acceptors (Lipinski definition) is 5. The number of pyridine rings is 1. The summed E-state index contributed by atoms with van der Waals surface area (Å²) >= 11 is 0. The molecule has 19 heavy (non-hydrogen) atoms. The maximum atomic E-state index is 13.5. The van der Waals surface area contributed by atoms with Crippen LogP contribution in [0, 0.1) is 5.82 Å². The van der Waals surface area contributed by atoms with E-state index in [1.54, 1.807) is 12.1 Å². The van der Waals surface area contributed by atoms with E-state index in [0.717, 1.165) is 6.20 Å². The average Bonchev–Trinajstić information content (AvgIpc) is 2.89. The molecule has 2 heterocycles. The molecule has 0 saturated heterocycles. The maximum absolute atomic E-state index is 13.5. The second kappa shape index (κ2) is 4.49. The fraction of sp³-hybridized carbons (Fsp3) is 0. The number of halogens is 1. The van der Waals surface area contributed by atoms with Crippen molar-refractivity contribution < 1.29 is 14.0 Å². The summed E-state index contributed by atoms with van der Waals surface area (Å²) in [7, 11) is 0. The van der Waals surface area contributed by atoms with Crippen LogP contribution in [0.3, 0.4) is 0 Å². The molecule has 1 aromatic carbocycles. The lowest BCUT2D eigenvalue weighted by atomic mass is 10.2. The fourth-order valence-corrected chi connectivity index (χ4v) is 1.61. The van der Waals surface area contributed by atoms with Crippen LogP contribution < -0.4 is 0 Å². The Labute approximate surface area is 107 Å². The van der Waals surface area contributed by atoms with Crippen molar-refractivity contribution in [2.75, 3.05) is 0 Å². The Balaban J connectivity index is 2.00. The molecule has 3 aromatic rings. The molecule has 0 aliphatic carbocycles. The molecule has 6 heteroatoms. The second-order valence-corrected chi connectivity index (χ2v) is 3.83. The standard InChI is InChI=1S/C13H8FN3O2/c14-11-7-15-6-5-10(11)13-16-12(17-19-13)8-1-3-9(18)4-2-8/h1-7,18H. The molecular formula is C13H8FN3O2. The molecule has 0 bridgehead atoms. The number of hydrogen-bond donors (Lipinski definition) is 1. The van der Waals surface area contributed by atoms with E-state index in [-0.39, 0.29) is 17.2 Å². The summed E-state index contributed by atoms with van der Waals surface area (Å²) < 4.78 is 18.5. The van der Waals surface area contributed by atoms with Crippen molar-refractivity contribution >= 4 is 0 Å². The Kier molecular flexibility index (Phi) is 2.68. The Morgan fingerprint density at radius 1 is 1.11 bits per heavy atom. The van der Waals surface area contributed by atoms with Gasteiger partial charge >= 0.3 is 0 Å². The Bertz CT molecular complexity index is 710. The van der Waals surface area contributed by atoms with Crippen LogP contribution in [-0.2, 0) is 0 Å². The van der Waals surface area contributed by atoms with E-state index in [1.807, 2.05) is 0 Å². The van der Waals surface area contributed by atoms with Gasteiger partial charge in [0.25, 0.3) is 5.89 Å². The molecule has 0 aliphatic rings. The van der Waals surface area contributed by atoms with E-state index in [1.165, 1.54) is 24.4 Å². The minimum Gasteiger partial charge on any atom is -0.508 e. The second-order valence-electron chi connectivity index (χ2n) is 3.83. The third kappa shape index (κ3) is 2.15. The molecule has 94 valence electrons. The van der Waals surface area contributed by atoms with Gasteiger partial charge in [-0.25, -0.2) is 4.39 Å². The van der Waals surface area contributed by atoms with Gasteiger partial charge in [-0.3, -0.25) is 4.98 Å². The summed E-state index contributed by atoms with van der Waals surface area (Å²) in [5.74, 6) is 0.0326. The number of aromatic nitrogens is 3. The van der Waals surface area contributed by atoms with Gasteiger partial charge in [-0.1, -0.05) is 5.16 Å². The first kappa shape index (κ1) is 11.3. The first-order valence-electron chi connectivity index (χ1n) is 5.47. The van der Waals surface area contributed by atoms with Crippen molar-refractivity contribution in [3.63, 3.8) is 0 Å². The minimum atomic E-state index is -0.525. The van der Waals surface area contributed by atoms with Crippen molar-refractivity contribution in [3.8, 4) is 28.6 Å². The molecule has 2 aromatic heterocycles. The zero-order chi connectivity index (χ0) is 13.2. The molecule has 3 rings (SSSR count). The fourth-order valence-electron chi connectivity index (χ4n) is 1.61. The summed E-state index contributed by atoms with van der Waals surface area (Å²) in [6.45, 7) is 0. The molecule has 0 radical (unpaired) electrons. The van der Waals surface area contributed by atoms with Gasteiger partial charge in [0.1, 0.15) is 5.75 Å². The summed E-state index contributed by atoms with van der Waals surface area (Å²) in [6.07, 6.45) is 2.53. The van der Waals surface area contributed by atoms with Crippen molar-refractivity contribution in [3.05, 3.63) is 48.5 Å². The van der Waals surface area contributed by atoms with E-state index in [2.05, 4.69) is 15.1 Å². The van der Waals surface area contributed by atoms with Gasteiger partial charge in [0, 0.05) is 11.8 Å². The molecule has 0 saturated carbocycles. The molecular weight excluding hydrogens is 249 g/mol. The minimum absolute atomic E-state index is 0.0861. The van der Waals surface area contributed by atoms with Crippen molar-refractivity contribution in [1.29, 1.82) is 0 Å². The third-order valence-electron chi connectivity index (χ3n) is 2.55. The van der Waals surface area contributed by atoms with Crippen molar-refractivity contribution in [2.24, 2.45) is 0 Å². The molecule has 5 nitrogen and oxygen atoms in total. The Hall–Kier alpha value is -2.76. The lowest BCUT2D eigenvalue weighted by Crippen LogP contribution is -1.86. The third-order valence-corrected chi connectivity index (χ3v) is 2.55. The van der Waals surface area contributed by atoms with Crippen LogP contribution in [0.4, 0.5) is 4.39 Å². The molecule has 0 fully saturated rings. The topological polar surface area (TPSA) is 72.0 Å². The van der Waals surface area contributed by atoms with Gasteiger partial charge in [-0.15, -0.1) is 0 Å². The molecule has 0 spiro atoms. The van der Waals surface area contributed by atoms with Gasteiger partial charge < -0.3 is 9.63 Å². The largest absolute Gasteiger partial charge is 0.508 e. The highest BCUT2D eigenvalue weighted by Gasteiger charge is 2.14. The molecule has 0 amide bonds. The van der Waals surface area contributed by atoms with Crippen molar-refractivity contribution in [2.45, 2.75) is 0 Å². The van der Waals surface area contributed by atoms with Crippen molar-refractivity contribution in [1.82, 2.24) is 15.1 Å². The van der Waals surface area contributed by atoms with Crippen LogP contribution >= 0.6 is 0 Å². The highest BCUT2D eigenvalue weighted by Crippen LogP contribution is 2.24. The predicted molar refractivity (Wildman–Crippen MR) is 64.6 cm³/mol. The summed E-state index contributed by atoms with van der Waals surface area (Å²) in [5, 5.41) is 13.0. The molecule has 1 N–H and O–H groups in total. The SMILES string of the molecule is Oc1ccc(-c2noc(-c3ccncc3F)n2)cc1. The number of phenolic OH excluding ortho intramolecular Hbond substituents is 1. The van der Waals surface area contributed by atoms with Crippen LogP contribution in [0.15, 0.2) is 47.2 Å². The lowest BCUT2D eigenvalue weighted by Gasteiger charge is -1.95. The monoisotopic (exact) mass is 257 g/mol. The van der Waals surface area contributed by atoms with Gasteiger partial charge in [-0.05, 0) is 30.3 Å². The number of aromatic hydroxyl groups is 1. The van der Waals surface area contributed by atoms with E-state index in [0.29, 0.717) is 11.4 Å². The number of phenols is 1. The van der Waals surface area contributed by atoms with Gasteiger partial charge in [-0.2, -0.15) is 4.98 Å². The number of benzene rings is 1. The Morgan fingerprint density at radius 2 is 1.89 bits per heavy atom. The normalized spacial score (nSPS) is 10.6. The molecule has 0 unspecified atom stereocenters. The summed E-state index contributed by atoms with van der Waals surface area (Å²) in [6, 6.07) is 7.78. The van der Waals surface area contributed by atoms with E-state index >= 15 is 0 Å². The first-order valence-corrected chi connectivity index (χ1v) is 5.47.